The predicted molar refractivity (Wildman–Crippen MR) is 66.9 cm³/mol. The van der Waals surface area contributed by atoms with Crippen LogP contribution in [0.15, 0.2) is 33.8 Å². The van der Waals surface area contributed by atoms with Crippen LogP contribution in [0.2, 0.25) is 0 Å². The topological polar surface area (TPSA) is 67.5 Å². The van der Waals surface area contributed by atoms with E-state index in [0.717, 1.165) is 10.7 Å². The highest BCUT2D eigenvalue weighted by atomic mass is 79.9. The van der Waals surface area contributed by atoms with Gasteiger partial charge in [-0.15, -0.1) is 0 Å². The van der Waals surface area contributed by atoms with Crippen molar-refractivity contribution in [2.75, 3.05) is 0 Å². The molecule has 4 nitrogen and oxygen atoms in total. The number of nitrogens with zero attached hydrogens (tertiary/aromatic N) is 1. The number of hydrazone groups is 1. The Morgan fingerprint density at radius 3 is 2.60 bits per heavy atom. The molecule has 0 saturated heterocycles. The number of ketones is 1. The van der Waals surface area contributed by atoms with Gasteiger partial charge in [-0.25, -0.2) is 0 Å². The number of Topliss-reactive ketones (excluding diaryl/α,β-unsaturated/α-hetero) is 1. The monoisotopic (exact) mass is 285 g/mol. The van der Waals surface area contributed by atoms with Crippen molar-refractivity contribution in [3.05, 3.63) is 34.3 Å². The van der Waals surface area contributed by atoms with E-state index in [1.54, 1.807) is 24.3 Å². The van der Waals surface area contributed by atoms with Crippen LogP contribution in [-0.2, 0) is 0 Å². The lowest BCUT2D eigenvalue weighted by Crippen LogP contribution is -2.24. The molecule has 3 N–H and O–H groups in total. The van der Waals surface area contributed by atoms with Crippen molar-refractivity contribution in [3.8, 4) is 0 Å². The van der Waals surface area contributed by atoms with Crippen molar-refractivity contribution in [2.45, 2.75) is 0 Å². The van der Waals surface area contributed by atoms with Crippen molar-refractivity contribution in [1.82, 2.24) is 5.43 Å². The molecule has 0 fully saturated rings. The van der Waals surface area contributed by atoms with E-state index in [-0.39, 0.29) is 10.9 Å². The zero-order valence-electron chi connectivity index (χ0n) is 7.61. The van der Waals surface area contributed by atoms with E-state index in [0.29, 0.717) is 5.56 Å². The molecule has 0 heterocycles. The summed E-state index contributed by atoms with van der Waals surface area (Å²) < 4.78 is 0.914. The Hall–Kier alpha value is -1.27. The average Bonchev–Trinajstić information content (AvgIpc) is 2.18. The minimum absolute atomic E-state index is 0.0230. The quantitative estimate of drug-likeness (QED) is 0.382. The SMILES string of the molecule is NC(=S)N/N=C\C(=O)c1ccc(Br)cc1. The van der Waals surface area contributed by atoms with Gasteiger partial charge in [-0.1, -0.05) is 15.9 Å². The third-order valence-corrected chi connectivity index (χ3v) is 2.11. The van der Waals surface area contributed by atoms with Gasteiger partial charge in [-0.2, -0.15) is 5.10 Å². The maximum absolute atomic E-state index is 11.4. The van der Waals surface area contributed by atoms with Crippen molar-refractivity contribution < 1.29 is 4.79 Å². The molecule has 78 valence electrons. The summed E-state index contributed by atoms with van der Waals surface area (Å²) in [6.45, 7) is 0. The van der Waals surface area contributed by atoms with Crippen molar-refractivity contribution >= 4 is 45.3 Å². The first-order valence-corrected chi connectivity index (χ1v) is 5.18. The molecular weight excluding hydrogens is 278 g/mol. The summed E-state index contributed by atoms with van der Waals surface area (Å²) in [6.07, 6.45) is 1.13. The van der Waals surface area contributed by atoms with Gasteiger partial charge < -0.3 is 5.73 Å². The van der Waals surface area contributed by atoms with Gasteiger partial charge >= 0.3 is 0 Å². The van der Waals surface area contributed by atoms with Crippen molar-refractivity contribution in [1.29, 1.82) is 0 Å². The number of nitrogens with two attached hydrogens (primary N) is 1. The maximum atomic E-state index is 11.4. The van der Waals surface area contributed by atoms with Gasteiger partial charge in [0.15, 0.2) is 5.11 Å². The third-order valence-electron chi connectivity index (χ3n) is 1.49. The summed E-state index contributed by atoms with van der Waals surface area (Å²) in [5.74, 6) is -0.216. The smallest absolute Gasteiger partial charge is 0.205 e. The van der Waals surface area contributed by atoms with E-state index in [9.17, 15) is 4.79 Å². The molecule has 0 aliphatic heterocycles. The molecular formula is C9H8BrN3OS. The fourth-order valence-corrected chi connectivity index (χ4v) is 1.16. The Labute approximate surface area is 101 Å². The number of thiocarbonyl (C=S) groups is 1. The molecule has 0 spiro atoms. The van der Waals surface area contributed by atoms with Crippen LogP contribution in [0.4, 0.5) is 0 Å². The molecule has 0 aliphatic carbocycles. The number of carbonyl (C=O) groups is 1. The molecule has 0 bridgehead atoms. The molecule has 15 heavy (non-hydrogen) atoms. The first-order valence-electron chi connectivity index (χ1n) is 3.98. The number of halogens is 1. The molecule has 1 aromatic rings. The Morgan fingerprint density at radius 1 is 1.47 bits per heavy atom. The Bertz CT molecular complexity index is 402. The summed E-state index contributed by atoms with van der Waals surface area (Å²) in [4.78, 5) is 11.4. The lowest BCUT2D eigenvalue weighted by molar-refractivity contribution is 0.107. The number of carbonyl (C=O) groups excluding carboxylic acids is 1. The predicted octanol–water partition coefficient (Wildman–Crippen LogP) is 1.45. The Morgan fingerprint density at radius 2 is 2.07 bits per heavy atom. The highest BCUT2D eigenvalue weighted by Gasteiger charge is 2.01. The van der Waals surface area contributed by atoms with Gasteiger partial charge in [0, 0.05) is 10.0 Å². The van der Waals surface area contributed by atoms with Gasteiger partial charge in [0.1, 0.15) is 0 Å². The molecule has 0 unspecified atom stereocenters. The lowest BCUT2D eigenvalue weighted by atomic mass is 10.1. The van der Waals surface area contributed by atoms with Crippen LogP contribution in [-0.4, -0.2) is 17.1 Å². The van der Waals surface area contributed by atoms with Crippen LogP contribution < -0.4 is 11.2 Å². The second-order valence-electron chi connectivity index (χ2n) is 2.61. The normalized spacial score (nSPS) is 10.2. The average molecular weight is 286 g/mol. The van der Waals surface area contributed by atoms with E-state index >= 15 is 0 Å². The minimum Gasteiger partial charge on any atom is -0.375 e. The van der Waals surface area contributed by atoms with E-state index in [2.05, 4.69) is 38.7 Å². The summed E-state index contributed by atoms with van der Waals surface area (Å²) in [5, 5.41) is 3.59. The summed E-state index contributed by atoms with van der Waals surface area (Å²) >= 11 is 7.79. The fraction of sp³-hybridized carbons (Fsp3) is 0. The molecule has 0 aliphatic rings. The zero-order valence-corrected chi connectivity index (χ0v) is 10.0. The van der Waals surface area contributed by atoms with Crippen LogP contribution in [0.5, 0.6) is 0 Å². The van der Waals surface area contributed by atoms with E-state index in [1.165, 1.54) is 0 Å². The molecule has 0 aromatic heterocycles. The molecule has 1 rings (SSSR count). The molecule has 0 saturated carbocycles. The van der Waals surface area contributed by atoms with Gasteiger partial charge in [0.2, 0.25) is 5.78 Å². The van der Waals surface area contributed by atoms with Gasteiger partial charge in [0.05, 0.1) is 6.21 Å². The number of hydrogen-bond donors (Lipinski definition) is 2. The number of nitrogens with one attached hydrogen (secondary N) is 1. The highest BCUT2D eigenvalue weighted by molar-refractivity contribution is 9.10. The van der Waals surface area contributed by atoms with Gasteiger partial charge in [0.25, 0.3) is 0 Å². The largest absolute Gasteiger partial charge is 0.375 e. The second kappa shape index (κ2) is 5.57. The van der Waals surface area contributed by atoms with Gasteiger partial charge in [-0.05, 0) is 36.5 Å². The molecule has 6 heteroatoms. The molecule has 1 aromatic carbocycles. The summed E-state index contributed by atoms with van der Waals surface area (Å²) in [5.41, 5.74) is 7.98. The number of hydrogen-bond acceptors (Lipinski definition) is 3. The third kappa shape index (κ3) is 4.18. The van der Waals surface area contributed by atoms with E-state index in [4.69, 9.17) is 5.73 Å². The maximum Gasteiger partial charge on any atom is 0.205 e. The molecule has 0 atom stereocenters. The van der Waals surface area contributed by atoms with Crippen LogP contribution >= 0.6 is 28.1 Å². The Balaban J connectivity index is 2.65. The van der Waals surface area contributed by atoms with Crippen LogP contribution in [0.1, 0.15) is 10.4 Å². The fourth-order valence-electron chi connectivity index (χ4n) is 0.843. The second-order valence-corrected chi connectivity index (χ2v) is 3.96. The first-order chi connectivity index (χ1) is 7.09. The van der Waals surface area contributed by atoms with Gasteiger partial charge in [-0.3, -0.25) is 10.2 Å². The van der Waals surface area contributed by atoms with Crippen LogP contribution in [0.25, 0.3) is 0 Å². The Kier molecular flexibility index (Phi) is 4.38. The zero-order chi connectivity index (χ0) is 11.3. The van der Waals surface area contributed by atoms with Crippen LogP contribution in [0, 0.1) is 0 Å². The highest BCUT2D eigenvalue weighted by Crippen LogP contribution is 2.10. The summed E-state index contributed by atoms with van der Waals surface area (Å²) in [6, 6.07) is 6.95. The molecule has 0 amide bonds. The first kappa shape index (κ1) is 11.8. The van der Waals surface area contributed by atoms with Crippen LogP contribution in [0.3, 0.4) is 0 Å². The number of rotatable bonds is 3. The van der Waals surface area contributed by atoms with E-state index in [1.807, 2.05) is 0 Å². The van der Waals surface area contributed by atoms with Crippen molar-refractivity contribution in [2.24, 2.45) is 10.8 Å². The van der Waals surface area contributed by atoms with Crippen molar-refractivity contribution in [3.63, 3.8) is 0 Å². The minimum atomic E-state index is -0.216. The van der Waals surface area contributed by atoms with E-state index < -0.39 is 0 Å². The lowest BCUT2D eigenvalue weighted by Gasteiger charge is -1.96. The summed E-state index contributed by atoms with van der Waals surface area (Å²) in [7, 11) is 0. The molecule has 0 radical (unpaired) electrons. The number of benzene rings is 1. The standard InChI is InChI=1S/C9H8BrN3OS/c10-7-3-1-6(2-4-7)8(14)5-12-13-9(11)15/h1-5H,(H3,11,13,15)/b12-5-.